The van der Waals surface area contributed by atoms with E-state index in [1.54, 1.807) is 6.08 Å². The van der Waals surface area contributed by atoms with E-state index in [1.807, 2.05) is 6.08 Å². The molecule has 79 heavy (non-hydrogen) atoms. The lowest BCUT2D eigenvalue weighted by Gasteiger charge is -2.40. The fraction of sp³-hybridized carbons (Fsp3) is 0.871. The van der Waals surface area contributed by atoms with Crippen LogP contribution in [0, 0.1) is 0 Å². The van der Waals surface area contributed by atoms with Crippen molar-refractivity contribution in [1.82, 2.24) is 5.32 Å². The van der Waals surface area contributed by atoms with Crippen molar-refractivity contribution in [1.29, 1.82) is 0 Å². The summed E-state index contributed by atoms with van der Waals surface area (Å²) in [4.78, 5) is 13.1. The van der Waals surface area contributed by atoms with Gasteiger partial charge in [0, 0.05) is 6.42 Å². The maximum atomic E-state index is 13.1. The van der Waals surface area contributed by atoms with E-state index in [-0.39, 0.29) is 12.5 Å². The molecular formula is C70H131NO8. The predicted molar refractivity (Wildman–Crippen MR) is 336 cm³/mol. The average Bonchev–Trinajstić information content (AvgIpc) is 3.47. The number of amides is 1. The molecule has 1 aliphatic rings. The van der Waals surface area contributed by atoms with Crippen LogP contribution in [0.2, 0.25) is 0 Å². The van der Waals surface area contributed by atoms with Crippen LogP contribution in [-0.4, -0.2) is 87.5 Å². The van der Waals surface area contributed by atoms with Crippen molar-refractivity contribution in [3.8, 4) is 0 Å². The number of hydrogen-bond donors (Lipinski definition) is 6. The van der Waals surface area contributed by atoms with Crippen molar-refractivity contribution in [3.05, 3.63) is 48.6 Å². The summed E-state index contributed by atoms with van der Waals surface area (Å²) in [5, 5.41) is 54.7. The molecule has 1 amide bonds. The highest BCUT2D eigenvalue weighted by atomic mass is 16.7. The van der Waals surface area contributed by atoms with Gasteiger partial charge < -0.3 is 40.3 Å². The first-order chi connectivity index (χ1) is 38.8. The summed E-state index contributed by atoms with van der Waals surface area (Å²) in [7, 11) is 0. The SMILES string of the molecule is CCCCCCC/C=C\C/C=C\C/C=C\CCCCCCCCCCCCC(=O)NC(COC1OC(CO)C(O)C(O)C1O)C(O)/C=C/CCCCCCCCCCCCCCCCCCCCCCCCCCCCCCC. The quantitative estimate of drug-likeness (QED) is 0.0261. The fourth-order valence-corrected chi connectivity index (χ4v) is 11.0. The molecule has 1 saturated heterocycles. The molecule has 1 heterocycles. The summed E-state index contributed by atoms with van der Waals surface area (Å²) >= 11 is 0. The van der Waals surface area contributed by atoms with Crippen LogP contribution in [0.15, 0.2) is 48.6 Å². The standard InChI is InChI=1S/C70H131NO8/c1-3-5-7-9-11-13-15-17-19-21-23-25-27-29-30-31-32-33-34-36-37-39-41-43-45-47-49-51-53-55-57-59-64(73)63(62-78-70-69(77)68(76)67(75)65(61-72)79-70)71-66(74)60-58-56-54-52-50-48-46-44-42-40-38-35-28-26-24-22-20-18-16-14-12-10-8-6-4-2/h16,18,22,24,28,35,57,59,63-65,67-70,72-73,75-77H,3-15,17,19-21,23,25-27,29-34,36-56,58,60-62H2,1-2H3,(H,71,74)/b18-16-,24-22-,35-28-,59-57+. The van der Waals surface area contributed by atoms with Gasteiger partial charge in [-0.1, -0.05) is 319 Å². The normalized spacial score (nSPS) is 18.8. The molecule has 0 bridgehead atoms. The molecular weight excluding hydrogens is 983 g/mol. The van der Waals surface area contributed by atoms with Crippen molar-refractivity contribution in [2.75, 3.05) is 13.2 Å². The van der Waals surface area contributed by atoms with Crippen molar-refractivity contribution in [3.63, 3.8) is 0 Å². The van der Waals surface area contributed by atoms with E-state index < -0.39 is 49.5 Å². The summed E-state index contributed by atoms with van der Waals surface area (Å²) in [5.74, 6) is -0.177. The van der Waals surface area contributed by atoms with Crippen LogP contribution in [0.25, 0.3) is 0 Å². The number of aliphatic hydroxyl groups excluding tert-OH is 5. The van der Waals surface area contributed by atoms with E-state index in [0.29, 0.717) is 6.42 Å². The van der Waals surface area contributed by atoms with Crippen LogP contribution >= 0.6 is 0 Å². The highest BCUT2D eigenvalue weighted by Crippen LogP contribution is 2.23. The number of nitrogens with one attached hydrogen (secondary N) is 1. The largest absolute Gasteiger partial charge is 0.394 e. The molecule has 9 nitrogen and oxygen atoms in total. The first kappa shape index (κ1) is 75.2. The Morgan fingerprint density at radius 3 is 1.10 bits per heavy atom. The Morgan fingerprint density at radius 2 is 0.747 bits per heavy atom. The third-order valence-electron chi connectivity index (χ3n) is 16.4. The molecule has 0 saturated carbocycles. The highest BCUT2D eigenvalue weighted by Gasteiger charge is 2.44. The van der Waals surface area contributed by atoms with Gasteiger partial charge in [-0.2, -0.15) is 0 Å². The molecule has 7 unspecified atom stereocenters. The Morgan fingerprint density at radius 1 is 0.430 bits per heavy atom. The molecule has 0 radical (unpaired) electrons. The summed E-state index contributed by atoms with van der Waals surface area (Å²) in [6, 6.07) is -0.810. The van der Waals surface area contributed by atoms with Crippen molar-refractivity contribution >= 4 is 5.91 Å². The van der Waals surface area contributed by atoms with E-state index in [9.17, 15) is 30.3 Å². The number of ether oxygens (including phenoxy) is 2. The monoisotopic (exact) mass is 1110 g/mol. The summed E-state index contributed by atoms with van der Waals surface area (Å²) < 4.78 is 11.3. The number of carbonyl (C=O) groups is 1. The van der Waals surface area contributed by atoms with E-state index in [2.05, 4.69) is 55.6 Å². The molecule has 0 aromatic rings. The molecule has 6 N–H and O–H groups in total. The van der Waals surface area contributed by atoms with E-state index >= 15 is 0 Å². The zero-order chi connectivity index (χ0) is 57.2. The molecule has 1 rings (SSSR count). The zero-order valence-corrected chi connectivity index (χ0v) is 51.9. The smallest absolute Gasteiger partial charge is 0.220 e. The lowest BCUT2D eigenvalue weighted by atomic mass is 9.99. The number of rotatable bonds is 60. The maximum absolute atomic E-state index is 13.1. The second-order valence-electron chi connectivity index (χ2n) is 24.0. The van der Waals surface area contributed by atoms with Gasteiger partial charge in [-0.15, -0.1) is 0 Å². The lowest BCUT2D eigenvalue weighted by molar-refractivity contribution is -0.302. The van der Waals surface area contributed by atoms with Gasteiger partial charge in [-0.25, -0.2) is 0 Å². The van der Waals surface area contributed by atoms with Gasteiger partial charge in [0.25, 0.3) is 0 Å². The van der Waals surface area contributed by atoms with Crippen LogP contribution in [0.3, 0.4) is 0 Å². The molecule has 0 aromatic carbocycles. The number of allylic oxidation sites excluding steroid dienone is 7. The Hall–Kier alpha value is -1.85. The number of aliphatic hydroxyl groups is 5. The molecule has 9 heteroatoms. The molecule has 1 fully saturated rings. The molecule has 0 spiro atoms. The summed E-state index contributed by atoms with van der Waals surface area (Å²) in [6.07, 6.45) is 73.5. The second-order valence-corrected chi connectivity index (χ2v) is 24.0. The Labute approximate surface area is 488 Å². The minimum Gasteiger partial charge on any atom is -0.394 e. The molecule has 0 aromatic heterocycles. The molecule has 0 aliphatic carbocycles. The Kier molecular flexibility index (Phi) is 56.4. The van der Waals surface area contributed by atoms with Gasteiger partial charge in [0.1, 0.15) is 24.4 Å². The number of hydrogen-bond acceptors (Lipinski definition) is 8. The zero-order valence-electron chi connectivity index (χ0n) is 51.9. The lowest BCUT2D eigenvalue weighted by Crippen LogP contribution is -2.60. The van der Waals surface area contributed by atoms with Crippen LogP contribution in [0.1, 0.15) is 335 Å². The highest BCUT2D eigenvalue weighted by molar-refractivity contribution is 5.76. The van der Waals surface area contributed by atoms with Crippen molar-refractivity contribution < 1.29 is 39.8 Å². The van der Waals surface area contributed by atoms with Gasteiger partial charge in [0.05, 0.1) is 25.4 Å². The molecule has 7 atom stereocenters. The third-order valence-corrected chi connectivity index (χ3v) is 16.4. The first-order valence-electron chi connectivity index (χ1n) is 34.4. The summed E-state index contributed by atoms with van der Waals surface area (Å²) in [6.45, 7) is 3.81. The summed E-state index contributed by atoms with van der Waals surface area (Å²) in [5.41, 5.74) is 0. The second kappa shape index (κ2) is 59.3. The van der Waals surface area contributed by atoms with E-state index in [0.717, 1.165) is 51.4 Å². The third kappa shape index (κ3) is 48.3. The van der Waals surface area contributed by atoms with Crippen LogP contribution < -0.4 is 5.32 Å². The van der Waals surface area contributed by atoms with Gasteiger partial charge in [-0.05, 0) is 57.8 Å². The average molecular weight is 1110 g/mol. The molecule has 1 aliphatic heterocycles. The minimum atomic E-state index is -1.57. The predicted octanol–water partition coefficient (Wildman–Crippen LogP) is 18.4. The van der Waals surface area contributed by atoms with Crippen LogP contribution in [0.5, 0.6) is 0 Å². The van der Waals surface area contributed by atoms with Gasteiger partial charge in [0.15, 0.2) is 6.29 Å². The number of unbranched alkanes of at least 4 members (excludes halogenated alkanes) is 44. The first-order valence-corrected chi connectivity index (χ1v) is 34.4. The molecule has 464 valence electrons. The van der Waals surface area contributed by atoms with Crippen molar-refractivity contribution in [2.24, 2.45) is 0 Å². The van der Waals surface area contributed by atoms with Gasteiger partial charge in [-0.3, -0.25) is 4.79 Å². The topological polar surface area (TPSA) is 149 Å². The number of carbonyl (C=O) groups excluding carboxylic acids is 1. The minimum absolute atomic E-state index is 0.177. The van der Waals surface area contributed by atoms with Crippen molar-refractivity contribution in [2.45, 2.75) is 378 Å². The Balaban J connectivity index is 2.15. The van der Waals surface area contributed by atoms with E-state index in [1.165, 1.54) is 263 Å². The van der Waals surface area contributed by atoms with Gasteiger partial charge >= 0.3 is 0 Å². The van der Waals surface area contributed by atoms with E-state index in [4.69, 9.17) is 9.47 Å². The fourth-order valence-electron chi connectivity index (χ4n) is 11.0. The van der Waals surface area contributed by atoms with Gasteiger partial charge in [0.2, 0.25) is 5.91 Å². The van der Waals surface area contributed by atoms with Crippen LogP contribution in [0.4, 0.5) is 0 Å². The van der Waals surface area contributed by atoms with Crippen LogP contribution in [-0.2, 0) is 14.3 Å². The maximum Gasteiger partial charge on any atom is 0.220 e. The Bertz CT molecular complexity index is 1380.